The Morgan fingerprint density at radius 2 is 2.13 bits per heavy atom. The summed E-state index contributed by atoms with van der Waals surface area (Å²) in [5.41, 5.74) is 3.50. The van der Waals surface area contributed by atoms with Crippen LogP contribution in [0.5, 0.6) is 0 Å². The van der Waals surface area contributed by atoms with Crippen LogP contribution >= 0.6 is 11.3 Å². The molecular formula is C15H17N3O3S2. The highest BCUT2D eigenvalue weighted by Crippen LogP contribution is 2.36. The molecule has 8 heteroatoms. The smallest absolute Gasteiger partial charge is 0.232 e. The normalized spacial score (nSPS) is 14.0. The van der Waals surface area contributed by atoms with Crippen molar-refractivity contribution in [2.24, 2.45) is 0 Å². The first-order valence-electron chi connectivity index (χ1n) is 7.12. The number of sulfonamides is 1. The highest BCUT2D eigenvalue weighted by Gasteiger charge is 2.26. The van der Waals surface area contributed by atoms with E-state index in [2.05, 4.69) is 10.3 Å². The van der Waals surface area contributed by atoms with Gasteiger partial charge >= 0.3 is 0 Å². The summed E-state index contributed by atoms with van der Waals surface area (Å²) in [6.07, 6.45) is 1.91. The molecule has 0 bridgehead atoms. The number of nitrogens with zero attached hydrogens (tertiary/aromatic N) is 2. The van der Waals surface area contributed by atoms with E-state index in [9.17, 15) is 13.2 Å². The Morgan fingerprint density at radius 3 is 2.78 bits per heavy atom. The Bertz CT molecular complexity index is 887. The fourth-order valence-electron chi connectivity index (χ4n) is 2.73. The predicted octanol–water partition coefficient (Wildman–Crippen LogP) is 2.40. The summed E-state index contributed by atoms with van der Waals surface area (Å²) in [7, 11) is -3.24. The van der Waals surface area contributed by atoms with Gasteiger partial charge in [-0.3, -0.25) is 9.10 Å². The summed E-state index contributed by atoms with van der Waals surface area (Å²) >= 11 is 1.43. The van der Waals surface area contributed by atoms with Crippen molar-refractivity contribution in [3.63, 3.8) is 0 Å². The van der Waals surface area contributed by atoms with Crippen LogP contribution in [-0.4, -0.2) is 32.1 Å². The molecule has 1 aromatic carbocycles. The summed E-state index contributed by atoms with van der Waals surface area (Å²) in [4.78, 5) is 16.6. The van der Waals surface area contributed by atoms with Gasteiger partial charge in [-0.25, -0.2) is 13.4 Å². The van der Waals surface area contributed by atoms with Crippen molar-refractivity contribution >= 4 is 38.1 Å². The first-order chi connectivity index (χ1) is 10.8. The van der Waals surface area contributed by atoms with Crippen LogP contribution in [0.25, 0.3) is 11.3 Å². The van der Waals surface area contributed by atoms with E-state index < -0.39 is 10.0 Å². The number of aromatic nitrogens is 1. The van der Waals surface area contributed by atoms with E-state index in [-0.39, 0.29) is 5.91 Å². The van der Waals surface area contributed by atoms with Crippen LogP contribution in [0, 0.1) is 6.92 Å². The van der Waals surface area contributed by atoms with Crippen LogP contribution in [-0.2, 0) is 21.2 Å². The van der Waals surface area contributed by atoms with Gasteiger partial charge in [0.25, 0.3) is 0 Å². The summed E-state index contributed by atoms with van der Waals surface area (Å²) in [6, 6.07) is 5.69. The Morgan fingerprint density at radius 1 is 1.39 bits per heavy atom. The van der Waals surface area contributed by atoms with Gasteiger partial charge in [0.1, 0.15) is 0 Å². The maximum Gasteiger partial charge on any atom is 0.232 e. The van der Waals surface area contributed by atoms with Crippen molar-refractivity contribution in [1.82, 2.24) is 4.98 Å². The number of nitrogens with one attached hydrogen (secondary N) is 1. The first-order valence-corrected chi connectivity index (χ1v) is 9.78. The maximum absolute atomic E-state index is 11.8. The van der Waals surface area contributed by atoms with Crippen molar-refractivity contribution in [2.45, 2.75) is 20.3 Å². The zero-order chi connectivity index (χ0) is 16.8. The third-order valence-electron chi connectivity index (χ3n) is 3.69. The lowest BCUT2D eigenvalue weighted by Gasteiger charge is -2.16. The largest absolute Gasteiger partial charge is 0.302 e. The van der Waals surface area contributed by atoms with Crippen molar-refractivity contribution < 1.29 is 13.2 Å². The van der Waals surface area contributed by atoms with E-state index >= 15 is 0 Å². The van der Waals surface area contributed by atoms with Crippen LogP contribution in [0.1, 0.15) is 17.4 Å². The van der Waals surface area contributed by atoms with Gasteiger partial charge in [0.2, 0.25) is 15.9 Å². The molecule has 0 unspecified atom stereocenters. The SMILES string of the molecule is CC(=O)Nc1nc(-c2ccc3c(c2)CCN3S(C)(=O)=O)c(C)s1. The minimum absolute atomic E-state index is 0.150. The van der Waals surface area contributed by atoms with Gasteiger partial charge in [-0.05, 0) is 31.0 Å². The Hall–Kier alpha value is -1.93. The van der Waals surface area contributed by atoms with Crippen molar-refractivity contribution in [2.75, 3.05) is 22.4 Å². The fraction of sp³-hybridized carbons (Fsp3) is 0.333. The Kier molecular flexibility index (Phi) is 3.89. The third kappa shape index (κ3) is 3.09. The standard InChI is InChI=1S/C15H17N3O3S2/c1-9-14(17-15(22-9)16-10(2)19)12-4-5-13-11(8-12)6-7-18(13)23(3,20)21/h4-5,8H,6-7H2,1-3H3,(H,16,17,19). The van der Waals surface area contributed by atoms with Gasteiger partial charge in [-0.1, -0.05) is 6.07 Å². The molecule has 0 saturated heterocycles. The summed E-state index contributed by atoms with van der Waals surface area (Å²) in [5, 5.41) is 3.27. The number of hydrogen-bond acceptors (Lipinski definition) is 5. The molecule has 2 aromatic rings. The van der Waals surface area contributed by atoms with Gasteiger partial charge in [0.15, 0.2) is 5.13 Å². The molecule has 1 aromatic heterocycles. The van der Waals surface area contributed by atoms with Crippen LogP contribution in [0.4, 0.5) is 10.8 Å². The van der Waals surface area contributed by atoms with Crippen molar-refractivity contribution in [3.8, 4) is 11.3 Å². The molecule has 0 aliphatic carbocycles. The van der Waals surface area contributed by atoms with E-state index in [4.69, 9.17) is 0 Å². The Labute approximate surface area is 139 Å². The van der Waals surface area contributed by atoms with Crippen molar-refractivity contribution in [3.05, 3.63) is 28.6 Å². The van der Waals surface area contributed by atoms with E-state index in [1.165, 1.54) is 28.8 Å². The monoisotopic (exact) mass is 351 g/mol. The van der Waals surface area contributed by atoms with Crippen LogP contribution < -0.4 is 9.62 Å². The maximum atomic E-state index is 11.8. The number of anilines is 2. The molecule has 2 heterocycles. The number of carbonyl (C=O) groups excluding carboxylic acids is 1. The lowest BCUT2D eigenvalue weighted by Crippen LogP contribution is -2.27. The number of hydrogen-bond donors (Lipinski definition) is 1. The molecule has 1 N–H and O–H groups in total. The van der Waals surface area contributed by atoms with E-state index in [0.717, 1.165) is 27.4 Å². The van der Waals surface area contributed by atoms with E-state index in [1.807, 2.05) is 25.1 Å². The second-order valence-electron chi connectivity index (χ2n) is 5.53. The zero-order valence-corrected chi connectivity index (χ0v) is 14.7. The zero-order valence-electron chi connectivity index (χ0n) is 13.1. The minimum atomic E-state index is -3.24. The molecule has 1 aliphatic heterocycles. The minimum Gasteiger partial charge on any atom is -0.302 e. The highest BCUT2D eigenvalue weighted by atomic mass is 32.2. The van der Waals surface area contributed by atoms with Gasteiger partial charge in [0, 0.05) is 23.9 Å². The quantitative estimate of drug-likeness (QED) is 0.921. The molecule has 0 saturated carbocycles. The number of amides is 1. The highest BCUT2D eigenvalue weighted by molar-refractivity contribution is 7.92. The van der Waals surface area contributed by atoms with Gasteiger partial charge in [0.05, 0.1) is 17.6 Å². The van der Waals surface area contributed by atoms with Gasteiger partial charge in [-0.2, -0.15) is 0 Å². The third-order valence-corrected chi connectivity index (χ3v) is 5.75. The summed E-state index contributed by atoms with van der Waals surface area (Å²) in [5.74, 6) is -0.150. The fourth-order valence-corrected chi connectivity index (χ4v) is 4.57. The molecule has 0 fully saturated rings. The van der Waals surface area contributed by atoms with E-state index in [1.54, 1.807) is 0 Å². The molecular weight excluding hydrogens is 334 g/mol. The average Bonchev–Trinajstić information content (AvgIpc) is 3.00. The van der Waals surface area contributed by atoms with Crippen LogP contribution in [0.15, 0.2) is 18.2 Å². The van der Waals surface area contributed by atoms with Crippen LogP contribution in [0.3, 0.4) is 0 Å². The van der Waals surface area contributed by atoms with Crippen LogP contribution in [0.2, 0.25) is 0 Å². The van der Waals surface area contributed by atoms with Gasteiger partial charge < -0.3 is 5.32 Å². The molecule has 6 nitrogen and oxygen atoms in total. The molecule has 122 valence electrons. The number of aryl methyl sites for hydroxylation is 1. The predicted molar refractivity (Wildman–Crippen MR) is 92.5 cm³/mol. The summed E-state index contributed by atoms with van der Waals surface area (Å²) < 4.78 is 25.0. The van der Waals surface area contributed by atoms with Gasteiger partial charge in [-0.15, -0.1) is 11.3 Å². The Balaban J connectivity index is 1.98. The molecule has 23 heavy (non-hydrogen) atoms. The lowest BCUT2D eigenvalue weighted by molar-refractivity contribution is -0.114. The molecule has 0 radical (unpaired) electrons. The number of carbonyl (C=O) groups is 1. The number of fused-ring (bicyclic) bond motifs is 1. The number of benzene rings is 1. The molecule has 0 atom stereocenters. The summed E-state index contributed by atoms with van der Waals surface area (Å²) in [6.45, 7) is 3.88. The topological polar surface area (TPSA) is 79.4 Å². The number of thiazole rings is 1. The molecule has 1 aliphatic rings. The molecule has 1 amide bonds. The lowest BCUT2D eigenvalue weighted by atomic mass is 10.1. The average molecular weight is 351 g/mol. The van der Waals surface area contributed by atoms with E-state index in [0.29, 0.717) is 18.1 Å². The second-order valence-corrected chi connectivity index (χ2v) is 8.64. The molecule has 0 spiro atoms. The first kappa shape index (κ1) is 15.9. The second kappa shape index (κ2) is 5.61. The molecule has 3 rings (SSSR count). The number of rotatable bonds is 3. The van der Waals surface area contributed by atoms with Crippen molar-refractivity contribution in [1.29, 1.82) is 0 Å².